The van der Waals surface area contributed by atoms with Gasteiger partial charge < -0.3 is 10.0 Å². The Bertz CT molecular complexity index is 535. The van der Waals surface area contributed by atoms with Crippen LogP contribution in [0, 0.1) is 5.41 Å². The van der Waals surface area contributed by atoms with E-state index in [1.54, 1.807) is 0 Å². The Morgan fingerprint density at radius 2 is 2.10 bits per heavy atom. The lowest BCUT2D eigenvalue weighted by Crippen LogP contribution is -2.56. The van der Waals surface area contributed by atoms with Gasteiger partial charge >= 0.3 is 0 Å². The lowest BCUT2D eigenvalue weighted by molar-refractivity contribution is -0.0145. The van der Waals surface area contributed by atoms with Gasteiger partial charge in [-0.1, -0.05) is 36.2 Å². The number of likely N-dealkylation sites (tertiary alicyclic amines) is 1. The fraction of sp³-hybridized carbons (Fsp3) is 0.625. The quantitative estimate of drug-likeness (QED) is 0.899. The van der Waals surface area contributed by atoms with Crippen molar-refractivity contribution in [3.8, 4) is 0 Å². The van der Waals surface area contributed by atoms with Gasteiger partial charge in [0.2, 0.25) is 0 Å². The molecule has 4 heteroatoms. The molecule has 1 N–H and O–H groups in total. The fourth-order valence-electron chi connectivity index (χ4n) is 4.38. The third kappa shape index (κ3) is 1.93. The minimum absolute atomic E-state index is 0.0210. The molecule has 2 bridgehead atoms. The van der Waals surface area contributed by atoms with Gasteiger partial charge in [0, 0.05) is 23.4 Å². The van der Waals surface area contributed by atoms with Gasteiger partial charge in [-0.25, -0.2) is 0 Å². The summed E-state index contributed by atoms with van der Waals surface area (Å²) in [5, 5.41) is 11.3. The van der Waals surface area contributed by atoms with E-state index in [1.807, 2.05) is 12.1 Å². The molecule has 2 nitrogen and oxygen atoms in total. The predicted octanol–water partition coefficient (Wildman–Crippen LogP) is 3.73. The van der Waals surface area contributed by atoms with Crippen LogP contribution in [0.5, 0.6) is 0 Å². The summed E-state index contributed by atoms with van der Waals surface area (Å²) in [6.45, 7) is 3.33. The molecular weight excluding hydrogens is 293 g/mol. The third-order valence-electron chi connectivity index (χ3n) is 5.69. The van der Waals surface area contributed by atoms with Crippen LogP contribution in [0.25, 0.3) is 0 Å². The standard InChI is InChI=1S/C16H21Cl2NO/c1-15(10-20)9-19(2)12-5-6-16(15,8-12)11-3-4-13(17)14(18)7-11/h3-4,7,12,20H,5-6,8-10H2,1-2H3/t12-,15?,16-/m1/s1. The maximum Gasteiger partial charge on any atom is 0.0595 e. The number of rotatable bonds is 2. The Hall–Kier alpha value is -0.280. The number of hydrogen-bond donors (Lipinski definition) is 1. The van der Waals surface area contributed by atoms with Crippen LogP contribution in [0.4, 0.5) is 0 Å². The van der Waals surface area contributed by atoms with Gasteiger partial charge in [0.15, 0.2) is 0 Å². The summed E-state index contributed by atoms with van der Waals surface area (Å²) in [5.41, 5.74) is 1.12. The Labute approximate surface area is 130 Å². The van der Waals surface area contributed by atoms with E-state index in [2.05, 4.69) is 24.9 Å². The van der Waals surface area contributed by atoms with Crippen molar-refractivity contribution >= 4 is 23.2 Å². The van der Waals surface area contributed by atoms with Gasteiger partial charge in [-0.15, -0.1) is 0 Å². The van der Waals surface area contributed by atoms with Crippen LogP contribution in [-0.4, -0.2) is 36.2 Å². The zero-order chi connectivity index (χ0) is 14.5. The molecule has 2 fully saturated rings. The molecule has 0 aromatic heterocycles. The number of halogens is 2. The first-order valence-electron chi connectivity index (χ1n) is 7.18. The van der Waals surface area contributed by atoms with Crippen LogP contribution in [-0.2, 0) is 5.41 Å². The van der Waals surface area contributed by atoms with Crippen molar-refractivity contribution in [2.24, 2.45) is 5.41 Å². The summed E-state index contributed by atoms with van der Waals surface area (Å²) >= 11 is 12.3. The lowest BCUT2D eigenvalue weighted by atomic mass is 9.58. The highest BCUT2D eigenvalue weighted by Crippen LogP contribution is 2.57. The van der Waals surface area contributed by atoms with E-state index >= 15 is 0 Å². The topological polar surface area (TPSA) is 23.5 Å². The zero-order valence-electron chi connectivity index (χ0n) is 12.0. The van der Waals surface area contributed by atoms with Crippen molar-refractivity contribution < 1.29 is 5.11 Å². The van der Waals surface area contributed by atoms with Crippen LogP contribution in [0.1, 0.15) is 31.7 Å². The maximum atomic E-state index is 10.1. The number of hydrogen-bond acceptors (Lipinski definition) is 2. The molecule has 2 aliphatic rings. The molecule has 1 unspecified atom stereocenters. The molecule has 0 amide bonds. The van der Waals surface area contributed by atoms with Crippen LogP contribution >= 0.6 is 23.2 Å². The van der Waals surface area contributed by atoms with E-state index in [-0.39, 0.29) is 17.4 Å². The number of aliphatic hydroxyl groups excluding tert-OH is 1. The normalized spacial score (nSPS) is 37.4. The van der Waals surface area contributed by atoms with Gasteiger partial charge in [-0.3, -0.25) is 0 Å². The molecule has 3 rings (SSSR count). The van der Waals surface area contributed by atoms with Gasteiger partial charge in [0.05, 0.1) is 16.7 Å². The predicted molar refractivity (Wildman–Crippen MR) is 83.6 cm³/mol. The maximum absolute atomic E-state index is 10.1. The van der Waals surface area contributed by atoms with E-state index in [0.717, 1.165) is 19.4 Å². The highest BCUT2D eigenvalue weighted by atomic mass is 35.5. The van der Waals surface area contributed by atoms with Gasteiger partial charge in [-0.05, 0) is 44.0 Å². The van der Waals surface area contributed by atoms with Crippen LogP contribution in [0.2, 0.25) is 10.0 Å². The van der Waals surface area contributed by atoms with Gasteiger partial charge in [-0.2, -0.15) is 0 Å². The number of nitrogens with zero attached hydrogens (tertiary/aromatic N) is 1. The van der Waals surface area contributed by atoms with Crippen LogP contribution in [0.15, 0.2) is 18.2 Å². The molecule has 1 aliphatic heterocycles. The van der Waals surface area contributed by atoms with E-state index in [0.29, 0.717) is 16.1 Å². The summed E-state index contributed by atoms with van der Waals surface area (Å²) < 4.78 is 0. The second-order valence-electron chi connectivity index (χ2n) is 6.74. The van der Waals surface area contributed by atoms with Crippen molar-refractivity contribution in [3.05, 3.63) is 33.8 Å². The third-order valence-corrected chi connectivity index (χ3v) is 6.43. The summed E-state index contributed by atoms with van der Waals surface area (Å²) in [4.78, 5) is 2.40. The number of piperidine rings is 1. The second kappa shape index (κ2) is 4.88. The van der Waals surface area contributed by atoms with E-state index in [9.17, 15) is 5.11 Å². The Balaban J connectivity index is 2.10. The van der Waals surface area contributed by atoms with E-state index in [1.165, 1.54) is 12.0 Å². The van der Waals surface area contributed by atoms with Crippen molar-refractivity contribution in [2.75, 3.05) is 20.2 Å². The van der Waals surface area contributed by atoms with Crippen LogP contribution < -0.4 is 0 Å². The first-order chi connectivity index (χ1) is 9.42. The number of benzene rings is 1. The number of fused-ring (bicyclic) bond motifs is 2. The molecule has 1 saturated heterocycles. The molecule has 1 aromatic rings. The zero-order valence-corrected chi connectivity index (χ0v) is 13.5. The summed E-state index contributed by atoms with van der Waals surface area (Å²) in [7, 11) is 2.17. The Morgan fingerprint density at radius 3 is 2.75 bits per heavy atom. The first-order valence-corrected chi connectivity index (χ1v) is 7.94. The molecule has 1 heterocycles. The van der Waals surface area contributed by atoms with E-state index < -0.39 is 0 Å². The van der Waals surface area contributed by atoms with Gasteiger partial charge in [0.1, 0.15) is 0 Å². The lowest BCUT2D eigenvalue weighted by Gasteiger charge is -2.52. The van der Waals surface area contributed by atoms with Crippen molar-refractivity contribution in [1.29, 1.82) is 0 Å². The molecule has 1 saturated carbocycles. The van der Waals surface area contributed by atoms with Gasteiger partial charge in [0.25, 0.3) is 0 Å². The molecule has 0 radical (unpaired) electrons. The summed E-state index contributed by atoms with van der Waals surface area (Å²) in [5.74, 6) is 0. The Kier molecular flexibility index (Phi) is 3.57. The minimum atomic E-state index is -0.133. The molecule has 3 atom stereocenters. The smallest absolute Gasteiger partial charge is 0.0595 e. The SMILES string of the molecule is CN1CC(C)(CO)[C@]2(c3ccc(Cl)c(Cl)c3)CC[C@@H]1C2. The largest absolute Gasteiger partial charge is 0.396 e. The molecule has 20 heavy (non-hydrogen) atoms. The monoisotopic (exact) mass is 313 g/mol. The molecular formula is C16H21Cl2NO. The fourth-order valence-corrected chi connectivity index (χ4v) is 4.68. The highest BCUT2D eigenvalue weighted by Gasteiger charge is 2.57. The molecule has 1 aromatic carbocycles. The summed E-state index contributed by atoms with van der Waals surface area (Å²) in [6.07, 6.45) is 3.39. The van der Waals surface area contributed by atoms with E-state index in [4.69, 9.17) is 23.2 Å². The average Bonchev–Trinajstić information content (AvgIpc) is 2.84. The molecule has 0 spiro atoms. The average molecular weight is 314 g/mol. The van der Waals surface area contributed by atoms with Crippen molar-refractivity contribution in [2.45, 2.75) is 37.6 Å². The molecule has 110 valence electrons. The minimum Gasteiger partial charge on any atom is -0.396 e. The second-order valence-corrected chi connectivity index (χ2v) is 7.56. The summed E-state index contributed by atoms with van der Waals surface area (Å²) in [6, 6.07) is 6.60. The van der Waals surface area contributed by atoms with Crippen molar-refractivity contribution in [1.82, 2.24) is 4.90 Å². The van der Waals surface area contributed by atoms with Crippen LogP contribution in [0.3, 0.4) is 0 Å². The number of aliphatic hydroxyl groups is 1. The highest BCUT2D eigenvalue weighted by molar-refractivity contribution is 6.42. The first kappa shape index (κ1) is 14.6. The Morgan fingerprint density at radius 1 is 1.35 bits per heavy atom. The van der Waals surface area contributed by atoms with Crippen molar-refractivity contribution in [3.63, 3.8) is 0 Å². The molecule has 1 aliphatic carbocycles.